The molecule has 1 aromatic heterocycles. The Hall–Kier alpha value is -1.95. The third-order valence-corrected chi connectivity index (χ3v) is 4.63. The topological polar surface area (TPSA) is 62.7 Å². The van der Waals surface area contributed by atoms with E-state index in [9.17, 15) is 9.59 Å². The van der Waals surface area contributed by atoms with E-state index in [2.05, 4.69) is 4.98 Å². The minimum atomic E-state index is -0.00377. The quantitative estimate of drug-likeness (QED) is 0.790. The fourth-order valence-corrected chi connectivity index (χ4v) is 3.21. The highest BCUT2D eigenvalue weighted by Crippen LogP contribution is 2.25. The van der Waals surface area contributed by atoms with Gasteiger partial charge in [-0.15, -0.1) is 0 Å². The van der Waals surface area contributed by atoms with Gasteiger partial charge in [0.1, 0.15) is 6.61 Å². The summed E-state index contributed by atoms with van der Waals surface area (Å²) >= 11 is 0. The molecule has 6 heteroatoms. The van der Waals surface area contributed by atoms with Crippen molar-refractivity contribution in [1.29, 1.82) is 0 Å². The lowest BCUT2D eigenvalue weighted by Crippen LogP contribution is -2.54. The predicted octanol–water partition coefficient (Wildman–Crippen LogP) is 0.330. The van der Waals surface area contributed by atoms with E-state index in [1.54, 1.807) is 17.3 Å². The molecular weight excluding hydrogens is 282 g/mol. The number of aromatic nitrogens is 1. The lowest BCUT2D eigenvalue weighted by molar-refractivity contribution is -0.138. The molecule has 3 heterocycles. The summed E-state index contributed by atoms with van der Waals surface area (Å²) in [6.45, 7) is 2.08. The number of amides is 2. The van der Waals surface area contributed by atoms with Crippen LogP contribution < -0.4 is 0 Å². The van der Waals surface area contributed by atoms with Crippen molar-refractivity contribution < 1.29 is 14.3 Å². The molecule has 0 radical (unpaired) electrons. The Labute approximate surface area is 130 Å². The highest BCUT2D eigenvalue weighted by molar-refractivity contribution is 5.80. The summed E-state index contributed by atoms with van der Waals surface area (Å²) in [5.41, 5.74) is 0.968. The molecule has 2 amide bonds. The van der Waals surface area contributed by atoms with E-state index >= 15 is 0 Å². The van der Waals surface area contributed by atoms with Crippen molar-refractivity contribution >= 4 is 11.8 Å². The maximum Gasteiger partial charge on any atom is 0.248 e. The Bertz CT molecular complexity index is 549. The SMILES string of the molecule is CN1C(=O)COC[C@@H]2CCN(C(=O)Cc3ccncc3)C[C@@H]21. The van der Waals surface area contributed by atoms with Crippen LogP contribution in [0.25, 0.3) is 0 Å². The van der Waals surface area contributed by atoms with Crippen LogP contribution in [0.15, 0.2) is 24.5 Å². The second-order valence-electron chi connectivity index (χ2n) is 6.01. The number of carbonyl (C=O) groups excluding carboxylic acids is 2. The lowest BCUT2D eigenvalue weighted by atomic mass is 9.91. The Morgan fingerprint density at radius 1 is 1.41 bits per heavy atom. The van der Waals surface area contributed by atoms with Crippen LogP contribution in [0.2, 0.25) is 0 Å². The number of likely N-dealkylation sites (N-methyl/N-ethyl adjacent to an activating group) is 1. The summed E-state index contributed by atoms with van der Waals surface area (Å²) < 4.78 is 5.44. The van der Waals surface area contributed by atoms with E-state index in [0.717, 1.165) is 18.5 Å². The van der Waals surface area contributed by atoms with Gasteiger partial charge in [-0.05, 0) is 24.1 Å². The highest BCUT2D eigenvalue weighted by Gasteiger charge is 2.37. The smallest absolute Gasteiger partial charge is 0.248 e. The van der Waals surface area contributed by atoms with E-state index in [-0.39, 0.29) is 24.5 Å². The van der Waals surface area contributed by atoms with Crippen LogP contribution in [0.4, 0.5) is 0 Å². The first-order chi connectivity index (χ1) is 10.6. The van der Waals surface area contributed by atoms with Crippen molar-refractivity contribution in [2.45, 2.75) is 18.9 Å². The van der Waals surface area contributed by atoms with Crippen LogP contribution in [0, 0.1) is 5.92 Å². The number of piperidine rings is 1. The summed E-state index contributed by atoms with van der Waals surface area (Å²) in [5, 5.41) is 0. The van der Waals surface area contributed by atoms with Crippen LogP contribution in [-0.4, -0.2) is 66.0 Å². The van der Waals surface area contributed by atoms with E-state index in [4.69, 9.17) is 4.74 Å². The maximum atomic E-state index is 12.5. The van der Waals surface area contributed by atoms with Gasteiger partial charge >= 0.3 is 0 Å². The monoisotopic (exact) mass is 303 g/mol. The predicted molar refractivity (Wildman–Crippen MR) is 80.0 cm³/mol. The number of ether oxygens (including phenoxy) is 1. The van der Waals surface area contributed by atoms with Crippen molar-refractivity contribution in [1.82, 2.24) is 14.8 Å². The second-order valence-corrected chi connectivity index (χ2v) is 6.01. The summed E-state index contributed by atoms with van der Waals surface area (Å²) in [6, 6.07) is 3.78. The van der Waals surface area contributed by atoms with Gasteiger partial charge < -0.3 is 14.5 Å². The van der Waals surface area contributed by atoms with E-state index in [1.165, 1.54) is 0 Å². The molecule has 118 valence electrons. The van der Waals surface area contributed by atoms with Gasteiger partial charge in [0.2, 0.25) is 11.8 Å². The van der Waals surface area contributed by atoms with Crippen molar-refractivity contribution in [3.63, 3.8) is 0 Å². The fraction of sp³-hybridized carbons (Fsp3) is 0.562. The maximum absolute atomic E-state index is 12.5. The molecule has 2 aliphatic rings. The summed E-state index contributed by atoms with van der Waals surface area (Å²) in [7, 11) is 1.81. The Morgan fingerprint density at radius 3 is 2.95 bits per heavy atom. The Balaban J connectivity index is 1.66. The molecule has 0 saturated carbocycles. The molecule has 0 spiro atoms. The molecule has 2 atom stereocenters. The lowest BCUT2D eigenvalue weighted by Gasteiger charge is -2.41. The van der Waals surface area contributed by atoms with Crippen molar-refractivity contribution in [3.8, 4) is 0 Å². The minimum absolute atomic E-state index is 0.00377. The number of hydrogen-bond donors (Lipinski definition) is 0. The molecule has 2 fully saturated rings. The van der Waals surface area contributed by atoms with Crippen LogP contribution >= 0.6 is 0 Å². The van der Waals surface area contributed by atoms with Crippen molar-refractivity contribution in [3.05, 3.63) is 30.1 Å². The molecule has 6 nitrogen and oxygen atoms in total. The van der Waals surface area contributed by atoms with Gasteiger partial charge in [-0.25, -0.2) is 0 Å². The third kappa shape index (κ3) is 3.11. The molecule has 0 N–H and O–H groups in total. The minimum Gasteiger partial charge on any atom is -0.371 e. The zero-order valence-corrected chi connectivity index (χ0v) is 12.8. The molecule has 0 aliphatic carbocycles. The highest BCUT2D eigenvalue weighted by atomic mass is 16.5. The van der Waals surface area contributed by atoms with Gasteiger partial charge in [0, 0.05) is 38.4 Å². The first-order valence-corrected chi connectivity index (χ1v) is 7.65. The number of likely N-dealkylation sites (tertiary alicyclic amines) is 1. The van der Waals surface area contributed by atoms with E-state index in [0.29, 0.717) is 25.5 Å². The third-order valence-electron chi connectivity index (χ3n) is 4.63. The van der Waals surface area contributed by atoms with Crippen LogP contribution in [0.5, 0.6) is 0 Å². The largest absolute Gasteiger partial charge is 0.371 e. The number of rotatable bonds is 2. The molecular formula is C16H21N3O3. The molecule has 3 rings (SSSR count). The van der Waals surface area contributed by atoms with Gasteiger partial charge in [0.15, 0.2) is 0 Å². The van der Waals surface area contributed by atoms with Gasteiger partial charge in [-0.1, -0.05) is 0 Å². The van der Waals surface area contributed by atoms with E-state index in [1.807, 2.05) is 24.1 Å². The molecule has 2 aliphatic heterocycles. The fourth-order valence-electron chi connectivity index (χ4n) is 3.21. The van der Waals surface area contributed by atoms with Crippen LogP contribution in [-0.2, 0) is 20.7 Å². The van der Waals surface area contributed by atoms with Crippen LogP contribution in [0.3, 0.4) is 0 Å². The summed E-state index contributed by atoms with van der Waals surface area (Å²) in [5.74, 6) is 0.424. The number of nitrogens with zero attached hydrogens (tertiary/aromatic N) is 3. The van der Waals surface area contributed by atoms with E-state index < -0.39 is 0 Å². The standard InChI is InChI=1S/C16H21N3O3/c1-18-14-9-19(7-4-13(14)10-22-11-16(18)21)15(20)8-12-2-5-17-6-3-12/h2-3,5-6,13-14H,4,7-11H2,1H3/t13-,14-/m0/s1. The zero-order chi connectivity index (χ0) is 15.5. The molecule has 1 aromatic rings. The normalized spacial score (nSPS) is 25.6. The average molecular weight is 303 g/mol. The Morgan fingerprint density at radius 2 is 2.18 bits per heavy atom. The summed E-state index contributed by atoms with van der Waals surface area (Å²) in [4.78, 5) is 32.0. The Kier molecular flexibility index (Phi) is 4.38. The number of pyridine rings is 1. The summed E-state index contributed by atoms with van der Waals surface area (Å²) in [6.07, 6.45) is 4.66. The zero-order valence-electron chi connectivity index (χ0n) is 12.8. The van der Waals surface area contributed by atoms with Crippen molar-refractivity contribution in [2.75, 3.05) is 33.4 Å². The van der Waals surface area contributed by atoms with Gasteiger partial charge in [0.25, 0.3) is 0 Å². The van der Waals surface area contributed by atoms with Gasteiger partial charge in [-0.3, -0.25) is 14.6 Å². The number of fused-ring (bicyclic) bond motifs is 1. The van der Waals surface area contributed by atoms with Gasteiger partial charge in [0.05, 0.1) is 19.1 Å². The first-order valence-electron chi connectivity index (χ1n) is 7.65. The molecule has 0 bridgehead atoms. The molecule has 0 unspecified atom stereocenters. The van der Waals surface area contributed by atoms with Gasteiger partial charge in [-0.2, -0.15) is 0 Å². The number of hydrogen-bond acceptors (Lipinski definition) is 4. The second kappa shape index (κ2) is 6.44. The molecule has 0 aromatic carbocycles. The van der Waals surface area contributed by atoms with Crippen molar-refractivity contribution in [2.24, 2.45) is 5.92 Å². The average Bonchev–Trinajstić information content (AvgIpc) is 2.68. The van der Waals surface area contributed by atoms with Crippen LogP contribution in [0.1, 0.15) is 12.0 Å². The molecule has 2 saturated heterocycles. The molecule has 22 heavy (non-hydrogen) atoms. The first kappa shape index (κ1) is 15.0. The number of carbonyl (C=O) groups is 2.